The van der Waals surface area contributed by atoms with Gasteiger partial charge in [-0.25, -0.2) is 9.97 Å². The zero-order valence-corrected chi connectivity index (χ0v) is 13.9. The van der Waals surface area contributed by atoms with Crippen molar-refractivity contribution in [2.24, 2.45) is 5.92 Å². The van der Waals surface area contributed by atoms with Crippen LogP contribution in [0.2, 0.25) is 0 Å². The molecule has 4 rings (SSSR count). The van der Waals surface area contributed by atoms with Gasteiger partial charge in [0.1, 0.15) is 0 Å². The van der Waals surface area contributed by atoms with Crippen molar-refractivity contribution in [3.05, 3.63) is 54.5 Å². The molecule has 1 saturated heterocycles. The Morgan fingerprint density at radius 3 is 2.54 bits per heavy atom. The van der Waals surface area contributed by atoms with Crippen molar-refractivity contribution in [2.75, 3.05) is 13.1 Å². The molecule has 124 valence electrons. The van der Waals surface area contributed by atoms with Gasteiger partial charge >= 0.3 is 0 Å². The Balaban J connectivity index is 1.49. The molecule has 1 fully saturated rings. The van der Waals surface area contributed by atoms with Crippen molar-refractivity contribution in [2.45, 2.75) is 31.7 Å². The van der Waals surface area contributed by atoms with E-state index in [4.69, 9.17) is 0 Å². The van der Waals surface area contributed by atoms with Crippen LogP contribution >= 0.6 is 0 Å². The minimum Gasteiger partial charge on any atom is -0.388 e. The molecule has 4 nitrogen and oxygen atoms in total. The van der Waals surface area contributed by atoms with Crippen molar-refractivity contribution in [3.8, 4) is 11.4 Å². The first kappa shape index (κ1) is 15.3. The minimum atomic E-state index is 0.599. The molecule has 2 atom stereocenters. The summed E-state index contributed by atoms with van der Waals surface area (Å²) in [4.78, 5) is 9.12. The van der Waals surface area contributed by atoms with Gasteiger partial charge in [0.25, 0.3) is 0 Å². The van der Waals surface area contributed by atoms with Crippen molar-refractivity contribution in [3.63, 3.8) is 0 Å². The third kappa shape index (κ3) is 3.34. The number of nitrogens with one attached hydrogen (secondary N) is 2. The Labute approximate surface area is 143 Å². The highest BCUT2D eigenvalue weighted by molar-refractivity contribution is 5.65. The molecular weight excluding hydrogens is 296 g/mol. The fourth-order valence-electron chi connectivity index (χ4n) is 3.73. The van der Waals surface area contributed by atoms with Crippen LogP contribution in [0, 0.1) is 5.92 Å². The molecule has 2 aliphatic rings. The first-order valence-corrected chi connectivity index (χ1v) is 8.94. The predicted molar refractivity (Wildman–Crippen MR) is 97.2 cm³/mol. The summed E-state index contributed by atoms with van der Waals surface area (Å²) < 4.78 is 0. The van der Waals surface area contributed by atoms with Crippen molar-refractivity contribution in [1.29, 1.82) is 0 Å². The Hall–Kier alpha value is -2.20. The third-order valence-electron chi connectivity index (χ3n) is 5.15. The maximum absolute atomic E-state index is 4.56. The van der Waals surface area contributed by atoms with Gasteiger partial charge in [0.15, 0.2) is 5.82 Å². The van der Waals surface area contributed by atoms with Crippen LogP contribution in [-0.4, -0.2) is 29.1 Å². The molecule has 0 aliphatic carbocycles. The van der Waals surface area contributed by atoms with Crippen LogP contribution in [0.15, 0.2) is 48.9 Å². The first-order valence-electron chi connectivity index (χ1n) is 8.94. The van der Waals surface area contributed by atoms with Crippen LogP contribution in [0.25, 0.3) is 17.0 Å². The van der Waals surface area contributed by atoms with E-state index in [2.05, 4.69) is 26.8 Å². The highest BCUT2D eigenvalue weighted by atomic mass is 15.0. The number of aromatic nitrogens is 2. The second kappa shape index (κ2) is 7.14. The summed E-state index contributed by atoms with van der Waals surface area (Å²) in [6.45, 7) is 2.31. The Morgan fingerprint density at radius 1 is 0.958 bits per heavy atom. The molecule has 0 saturated carbocycles. The lowest BCUT2D eigenvalue weighted by Crippen LogP contribution is -2.33. The van der Waals surface area contributed by atoms with Gasteiger partial charge in [-0.05, 0) is 50.3 Å². The Kier molecular flexibility index (Phi) is 4.56. The van der Waals surface area contributed by atoms with E-state index in [1.54, 1.807) is 0 Å². The molecule has 0 bridgehead atoms. The summed E-state index contributed by atoms with van der Waals surface area (Å²) in [6.07, 6.45) is 11.0. The van der Waals surface area contributed by atoms with Gasteiger partial charge in [0.2, 0.25) is 0 Å². The SMILES string of the molecule is C1=C(c2cnc(-c3ccccc3)nc2)CCCC(C2CCNC2)N1. The highest BCUT2D eigenvalue weighted by Gasteiger charge is 2.25. The predicted octanol–water partition coefficient (Wildman–Crippen LogP) is 3.24. The summed E-state index contributed by atoms with van der Waals surface area (Å²) in [5.41, 5.74) is 3.52. The van der Waals surface area contributed by atoms with E-state index in [9.17, 15) is 0 Å². The van der Waals surface area contributed by atoms with Gasteiger partial charge in [0.05, 0.1) is 0 Å². The maximum Gasteiger partial charge on any atom is 0.159 e. The zero-order chi connectivity index (χ0) is 16.2. The third-order valence-corrected chi connectivity index (χ3v) is 5.15. The van der Waals surface area contributed by atoms with Gasteiger partial charge in [-0.15, -0.1) is 0 Å². The van der Waals surface area contributed by atoms with Crippen molar-refractivity contribution in [1.82, 2.24) is 20.6 Å². The maximum atomic E-state index is 4.56. The number of hydrogen-bond acceptors (Lipinski definition) is 4. The average molecular weight is 320 g/mol. The lowest BCUT2D eigenvalue weighted by Gasteiger charge is -2.21. The number of hydrogen-bond donors (Lipinski definition) is 2. The van der Waals surface area contributed by atoms with Crippen LogP contribution < -0.4 is 10.6 Å². The summed E-state index contributed by atoms with van der Waals surface area (Å²) in [5, 5.41) is 7.13. The zero-order valence-electron chi connectivity index (χ0n) is 13.9. The van der Waals surface area contributed by atoms with Crippen LogP contribution in [0.1, 0.15) is 31.2 Å². The number of benzene rings is 1. The lowest BCUT2D eigenvalue weighted by molar-refractivity contribution is 0.387. The van der Waals surface area contributed by atoms with Crippen LogP contribution in [0.4, 0.5) is 0 Å². The fourth-order valence-corrected chi connectivity index (χ4v) is 3.73. The molecule has 0 spiro atoms. The molecule has 2 unspecified atom stereocenters. The van der Waals surface area contributed by atoms with Crippen molar-refractivity contribution >= 4 is 5.57 Å². The van der Waals surface area contributed by atoms with E-state index in [1.807, 2.05) is 42.7 Å². The Morgan fingerprint density at radius 2 is 1.79 bits per heavy atom. The number of rotatable bonds is 3. The monoisotopic (exact) mass is 320 g/mol. The minimum absolute atomic E-state index is 0.599. The molecule has 1 aromatic heterocycles. The molecule has 4 heteroatoms. The van der Waals surface area contributed by atoms with Gasteiger partial charge < -0.3 is 10.6 Å². The summed E-state index contributed by atoms with van der Waals surface area (Å²) in [6, 6.07) is 10.7. The van der Waals surface area contributed by atoms with Gasteiger partial charge in [-0.3, -0.25) is 0 Å². The normalized spacial score (nSPS) is 24.1. The smallest absolute Gasteiger partial charge is 0.159 e. The van der Waals surface area contributed by atoms with E-state index >= 15 is 0 Å². The van der Waals surface area contributed by atoms with E-state index < -0.39 is 0 Å². The molecule has 2 aliphatic heterocycles. The van der Waals surface area contributed by atoms with E-state index in [1.165, 1.54) is 24.8 Å². The van der Waals surface area contributed by atoms with Crippen LogP contribution in [-0.2, 0) is 0 Å². The quantitative estimate of drug-likeness (QED) is 0.911. The van der Waals surface area contributed by atoms with E-state index in [0.717, 1.165) is 42.4 Å². The topological polar surface area (TPSA) is 49.8 Å². The molecule has 2 N–H and O–H groups in total. The Bertz CT molecular complexity index is 687. The number of allylic oxidation sites excluding steroid dienone is 1. The van der Waals surface area contributed by atoms with Gasteiger partial charge in [-0.1, -0.05) is 30.3 Å². The molecular formula is C20H24N4. The standard InChI is InChI=1S/C20H24N4/c1-2-5-15(6-3-1)20-23-13-18(14-24-20)16-7-4-8-19(22-12-16)17-9-10-21-11-17/h1-3,5-6,12-14,17,19,21-22H,4,7-11H2. The van der Waals surface area contributed by atoms with E-state index in [-0.39, 0.29) is 0 Å². The highest BCUT2D eigenvalue weighted by Crippen LogP contribution is 2.26. The number of nitrogens with zero attached hydrogens (tertiary/aromatic N) is 2. The van der Waals surface area contributed by atoms with Gasteiger partial charge in [0, 0.05) is 35.8 Å². The summed E-state index contributed by atoms with van der Waals surface area (Å²) in [5.74, 6) is 1.55. The lowest BCUT2D eigenvalue weighted by atomic mass is 9.94. The second-order valence-electron chi connectivity index (χ2n) is 6.75. The van der Waals surface area contributed by atoms with Gasteiger partial charge in [-0.2, -0.15) is 0 Å². The largest absolute Gasteiger partial charge is 0.388 e. The molecule has 0 radical (unpaired) electrons. The molecule has 24 heavy (non-hydrogen) atoms. The van der Waals surface area contributed by atoms with Crippen LogP contribution in [0.3, 0.4) is 0 Å². The molecule has 3 heterocycles. The summed E-state index contributed by atoms with van der Waals surface area (Å²) in [7, 11) is 0. The molecule has 0 amide bonds. The fraction of sp³-hybridized carbons (Fsp3) is 0.400. The average Bonchev–Trinajstić information content (AvgIpc) is 3.07. The second-order valence-corrected chi connectivity index (χ2v) is 6.75. The van der Waals surface area contributed by atoms with Crippen LogP contribution in [0.5, 0.6) is 0 Å². The molecule has 2 aromatic rings. The van der Waals surface area contributed by atoms with E-state index in [0.29, 0.717) is 6.04 Å². The first-order chi connectivity index (χ1) is 11.9. The van der Waals surface area contributed by atoms with Crippen molar-refractivity contribution < 1.29 is 0 Å². The molecule has 1 aromatic carbocycles. The summed E-state index contributed by atoms with van der Waals surface area (Å²) >= 11 is 0.